The number of rotatable bonds is 3. The summed E-state index contributed by atoms with van der Waals surface area (Å²) >= 11 is 0. The van der Waals surface area contributed by atoms with Crippen molar-refractivity contribution in [2.45, 2.75) is 59.3 Å². The van der Waals surface area contributed by atoms with E-state index in [1.165, 1.54) is 21.9 Å². The van der Waals surface area contributed by atoms with Crippen molar-refractivity contribution in [3.05, 3.63) is 108 Å². The number of benzene rings is 3. The Morgan fingerprint density at radius 1 is 0.683 bits per heavy atom. The summed E-state index contributed by atoms with van der Waals surface area (Å²) in [4.78, 5) is 9.80. The molecule has 206 valence electrons. The first kappa shape index (κ1) is 26.8. The number of nitrogens with zero attached hydrogens (tertiary/aromatic N) is 3. The maximum absolute atomic E-state index is 11.6. The Morgan fingerprint density at radius 3 is 2.17 bits per heavy atom. The van der Waals surface area contributed by atoms with Gasteiger partial charge >= 0.3 is 0 Å². The van der Waals surface area contributed by atoms with Gasteiger partial charge in [-0.25, -0.2) is 4.98 Å². The number of aromatic nitrogens is 3. The van der Waals surface area contributed by atoms with Gasteiger partial charge in [0, 0.05) is 33.7 Å². The predicted octanol–water partition coefficient (Wildman–Crippen LogP) is 9.52. The Kier molecular flexibility index (Phi) is 6.26. The van der Waals surface area contributed by atoms with Gasteiger partial charge in [0.15, 0.2) is 0 Å². The normalized spacial score (nSPS) is 12.4. The van der Waals surface area contributed by atoms with Crippen molar-refractivity contribution in [1.29, 1.82) is 0 Å². The summed E-state index contributed by atoms with van der Waals surface area (Å²) in [7, 11) is 0. The van der Waals surface area contributed by atoms with Gasteiger partial charge in [-0.3, -0.25) is 9.55 Å². The Labute approximate surface area is 242 Å². The summed E-state index contributed by atoms with van der Waals surface area (Å²) in [5, 5.41) is 13.9. The van der Waals surface area contributed by atoms with E-state index >= 15 is 0 Å². The van der Waals surface area contributed by atoms with Crippen molar-refractivity contribution in [1.82, 2.24) is 14.5 Å². The van der Waals surface area contributed by atoms with Gasteiger partial charge in [-0.2, -0.15) is 0 Å². The summed E-state index contributed by atoms with van der Waals surface area (Å²) in [6, 6.07) is 29.4. The van der Waals surface area contributed by atoms with Crippen LogP contribution in [0.4, 0.5) is 0 Å². The Balaban J connectivity index is 1.62. The molecule has 4 nitrogen and oxygen atoms in total. The zero-order chi connectivity index (χ0) is 29.1. The van der Waals surface area contributed by atoms with Crippen LogP contribution in [0.1, 0.15) is 58.2 Å². The maximum atomic E-state index is 11.6. The number of phenols is 1. The highest BCUT2D eigenvalue weighted by atomic mass is 16.3. The second-order valence-electron chi connectivity index (χ2n) is 13.1. The number of aryl methyl sites for hydroxylation is 1. The molecule has 0 spiro atoms. The van der Waals surface area contributed by atoms with Gasteiger partial charge in [0.1, 0.15) is 11.6 Å². The topological polar surface area (TPSA) is 50.9 Å². The van der Waals surface area contributed by atoms with E-state index in [0.29, 0.717) is 5.75 Å². The van der Waals surface area contributed by atoms with E-state index in [-0.39, 0.29) is 10.8 Å². The van der Waals surface area contributed by atoms with Gasteiger partial charge in [-0.15, -0.1) is 0 Å². The summed E-state index contributed by atoms with van der Waals surface area (Å²) in [5.74, 6) is 1.10. The fraction of sp³-hybridized carbons (Fsp3) is 0.243. The lowest BCUT2D eigenvalue weighted by Gasteiger charge is -2.27. The zero-order valence-corrected chi connectivity index (χ0v) is 24.9. The predicted molar refractivity (Wildman–Crippen MR) is 171 cm³/mol. The molecule has 0 unspecified atom stereocenters. The first-order chi connectivity index (χ1) is 19.4. The molecule has 0 aliphatic rings. The second-order valence-corrected chi connectivity index (χ2v) is 13.1. The number of pyridine rings is 2. The highest BCUT2D eigenvalue weighted by Crippen LogP contribution is 2.42. The maximum Gasteiger partial charge on any atom is 0.138 e. The quantitative estimate of drug-likeness (QED) is 0.244. The molecule has 3 aromatic carbocycles. The van der Waals surface area contributed by atoms with E-state index in [0.717, 1.165) is 44.9 Å². The standard InChI is InChI=1S/C37H37N3O/c1-23-14-17-32-27(19-23)26-16-15-24(30-11-8-9-18-38-30)20-33(26)40(32)34-13-10-12-31(39-34)28-21-25(36(2,3)4)22-29(35(28)41)37(5,6)7/h8-22,41H,1-7H3. The van der Waals surface area contributed by atoms with E-state index < -0.39 is 0 Å². The Morgan fingerprint density at radius 2 is 1.46 bits per heavy atom. The molecule has 0 aliphatic carbocycles. The van der Waals surface area contributed by atoms with Crippen molar-refractivity contribution in [3.63, 3.8) is 0 Å². The molecule has 0 saturated carbocycles. The lowest BCUT2D eigenvalue weighted by Crippen LogP contribution is -2.17. The highest BCUT2D eigenvalue weighted by Gasteiger charge is 2.26. The Bertz CT molecular complexity index is 1920. The van der Waals surface area contributed by atoms with Crippen LogP contribution >= 0.6 is 0 Å². The molecular formula is C37H37N3O. The van der Waals surface area contributed by atoms with Crippen LogP contribution in [0.5, 0.6) is 5.75 Å². The van der Waals surface area contributed by atoms with Gasteiger partial charge in [-0.05, 0) is 71.8 Å². The van der Waals surface area contributed by atoms with Crippen LogP contribution in [0.2, 0.25) is 0 Å². The van der Waals surface area contributed by atoms with Gasteiger partial charge in [0.2, 0.25) is 0 Å². The lowest BCUT2D eigenvalue weighted by molar-refractivity contribution is 0.446. The number of hydrogen-bond donors (Lipinski definition) is 1. The molecular weight excluding hydrogens is 502 g/mol. The molecule has 0 bridgehead atoms. The van der Waals surface area contributed by atoms with Crippen LogP contribution in [0.25, 0.3) is 50.1 Å². The molecule has 0 saturated heterocycles. The molecule has 41 heavy (non-hydrogen) atoms. The van der Waals surface area contributed by atoms with Crippen LogP contribution < -0.4 is 0 Å². The molecule has 0 radical (unpaired) electrons. The number of fused-ring (bicyclic) bond motifs is 3. The molecule has 4 heteroatoms. The molecule has 1 N–H and O–H groups in total. The van der Waals surface area contributed by atoms with E-state index in [1.54, 1.807) is 0 Å². The number of phenolic OH excluding ortho intramolecular Hbond substituents is 1. The SMILES string of the molecule is Cc1ccc2c(c1)c1ccc(-c3ccccn3)cc1n2-c1cccc(-c2cc(C(C)(C)C)cc(C(C)(C)C)c2O)n1. The fourth-order valence-electron chi connectivity index (χ4n) is 5.61. The molecule has 0 amide bonds. The first-order valence-electron chi connectivity index (χ1n) is 14.2. The molecule has 0 atom stereocenters. The third-order valence-electron chi connectivity index (χ3n) is 7.91. The van der Waals surface area contributed by atoms with Gasteiger partial charge in [0.25, 0.3) is 0 Å². The van der Waals surface area contributed by atoms with Crippen molar-refractivity contribution < 1.29 is 5.11 Å². The first-order valence-corrected chi connectivity index (χ1v) is 14.2. The van der Waals surface area contributed by atoms with E-state index in [2.05, 4.69) is 107 Å². The third-order valence-corrected chi connectivity index (χ3v) is 7.91. The average molecular weight is 540 g/mol. The van der Waals surface area contributed by atoms with E-state index in [1.807, 2.05) is 42.6 Å². The average Bonchev–Trinajstić information content (AvgIpc) is 3.25. The summed E-state index contributed by atoms with van der Waals surface area (Å²) < 4.78 is 2.23. The highest BCUT2D eigenvalue weighted by molar-refractivity contribution is 6.10. The second kappa shape index (κ2) is 9.59. The molecule has 3 heterocycles. The Hall–Kier alpha value is -4.44. The van der Waals surface area contributed by atoms with Gasteiger partial charge < -0.3 is 5.11 Å². The fourth-order valence-corrected chi connectivity index (χ4v) is 5.61. The van der Waals surface area contributed by atoms with Crippen LogP contribution in [0.3, 0.4) is 0 Å². The van der Waals surface area contributed by atoms with E-state index in [4.69, 9.17) is 4.98 Å². The summed E-state index contributed by atoms with van der Waals surface area (Å²) in [6.07, 6.45) is 1.83. The summed E-state index contributed by atoms with van der Waals surface area (Å²) in [5.41, 5.74) is 8.69. The monoisotopic (exact) mass is 539 g/mol. The molecule has 0 aliphatic heterocycles. The van der Waals surface area contributed by atoms with Crippen LogP contribution in [0, 0.1) is 6.92 Å². The van der Waals surface area contributed by atoms with Crippen molar-refractivity contribution in [3.8, 4) is 34.1 Å². The number of aromatic hydroxyl groups is 1. The zero-order valence-electron chi connectivity index (χ0n) is 24.9. The van der Waals surface area contributed by atoms with Crippen LogP contribution in [-0.2, 0) is 10.8 Å². The minimum absolute atomic E-state index is 0.0768. The van der Waals surface area contributed by atoms with Crippen molar-refractivity contribution in [2.75, 3.05) is 0 Å². The molecule has 3 aromatic heterocycles. The third kappa shape index (κ3) is 4.78. The lowest BCUT2D eigenvalue weighted by atomic mass is 9.78. The van der Waals surface area contributed by atoms with Gasteiger partial charge in [-0.1, -0.05) is 83.5 Å². The van der Waals surface area contributed by atoms with Crippen molar-refractivity contribution >= 4 is 21.8 Å². The molecule has 6 aromatic rings. The molecule has 6 rings (SSSR count). The minimum Gasteiger partial charge on any atom is -0.507 e. The van der Waals surface area contributed by atoms with Crippen LogP contribution in [0.15, 0.2) is 91.1 Å². The van der Waals surface area contributed by atoms with Crippen molar-refractivity contribution in [2.24, 2.45) is 0 Å². The molecule has 0 fully saturated rings. The largest absolute Gasteiger partial charge is 0.507 e. The van der Waals surface area contributed by atoms with E-state index in [9.17, 15) is 5.11 Å². The smallest absolute Gasteiger partial charge is 0.138 e. The number of hydrogen-bond acceptors (Lipinski definition) is 3. The minimum atomic E-state index is -0.218. The summed E-state index contributed by atoms with van der Waals surface area (Å²) in [6.45, 7) is 15.2. The van der Waals surface area contributed by atoms with Crippen LogP contribution in [-0.4, -0.2) is 19.6 Å². The van der Waals surface area contributed by atoms with Gasteiger partial charge in [0.05, 0.1) is 22.4 Å².